The Bertz CT molecular complexity index is 853. The topological polar surface area (TPSA) is 134 Å². The number of nitrogens with zero attached hydrogens (tertiary/aromatic N) is 1. The van der Waals surface area contributed by atoms with Crippen molar-refractivity contribution in [3.8, 4) is 0 Å². The van der Waals surface area contributed by atoms with Crippen LogP contribution in [0.15, 0.2) is 0 Å². The number of hydrogen-bond acceptors (Lipinski definition) is 8. The molecule has 8 nitrogen and oxygen atoms in total. The molecule has 4 aliphatic rings. The van der Waals surface area contributed by atoms with Crippen molar-refractivity contribution in [3.05, 3.63) is 0 Å². The summed E-state index contributed by atoms with van der Waals surface area (Å²) in [6.45, 7) is 15.8. The first-order chi connectivity index (χ1) is 19.4. The maximum atomic E-state index is 12.2. The van der Waals surface area contributed by atoms with Gasteiger partial charge < -0.3 is 31.7 Å². The fourth-order valence-electron chi connectivity index (χ4n) is 10.3. The lowest BCUT2D eigenvalue weighted by molar-refractivity contribution is -0.202. The highest BCUT2D eigenvalue weighted by Gasteiger charge is 2.65. The standard InChI is InChI=1S/C33H62N4O4/c1-21(2)41-30(40)9-6-22(3)25-7-8-26-31-27(20-29(39)33(25,26)5)32(4)11-10-24(18-23(32)19-28(31)38)36-14-17-37(15-12-34)16-13-35/h21-29,31,36,38-39H,6-20,34-35H2,1-5H3/t22-,23?,24+,25-,26?,27?,28-,29+,31?,32+,33-/m1/s1. The average molecular weight is 579 g/mol. The van der Waals surface area contributed by atoms with E-state index in [0.717, 1.165) is 77.5 Å². The molecule has 0 radical (unpaired) electrons. The molecule has 0 aliphatic heterocycles. The summed E-state index contributed by atoms with van der Waals surface area (Å²) in [7, 11) is 0. The van der Waals surface area contributed by atoms with E-state index in [0.29, 0.717) is 55.1 Å². The van der Waals surface area contributed by atoms with Gasteiger partial charge in [-0.15, -0.1) is 0 Å². The van der Waals surface area contributed by atoms with Gasteiger partial charge in [-0.05, 0) is 112 Å². The van der Waals surface area contributed by atoms with E-state index in [1.165, 1.54) is 0 Å². The highest BCUT2D eigenvalue weighted by molar-refractivity contribution is 5.69. The van der Waals surface area contributed by atoms with Crippen LogP contribution in [0.3, 0.4) is 0 Å². The summed E-state index contributed by atoms with van der Waals surface area (Å²) in [5, 5.41) is 27.5. The van der Waals surface area contributed by atoms with Crippen molar-refractivity contribution in [2.24, 2.45) is 57.8 Å². The minimum absolute atomic E-state index is 0.0832. The molecule has 11 atom stereocenters. The lowest BCUT2D eigenvalue weighted by Gasteiger charge is -2.63. The number of carbonyl (C=O) groups is 1. The zero-order chi connectivity index (χ0) is 29.9. The number of aliphatic hydroxyl groups is 2. The van der Waals surface area contributed by atoms with Crippen LogP contribution in [-0.2, 0) is 9.53 Å². The molecule has 4 saturated carbocycles. The first kappa shape index (κ1) is 33.1. The molecule has 4 unspecified atom stereocenters. The van der Waals surface area contributed by atoms with Crippen molar-refractivity contribution in [1.29, 1.82) is 0 Å². The maximum Gasteiger partial charge on any atom is 0.306 e. The Hall–Kier alpha value is -0.770. The summed E-state index contributed by atoms with van der Waals surface area (Å²) in [4.78, 5) is 14.6. The van der Waals surface area contributed by atoms with Gasteiger partial charge in [0.25, 0.3) is 0 Å². The number of ether oxygens (including phenoxy) is 1. The van der Waals surface area contributed by atoms with Gasteiger partial charge in [0.2, 0.25) is 0 Å². The Kier molecular flexibility index (Phi) is 11.2. The van der Waals surface area contributed by atoms with Gasteiger partial charge in [0.05, 0.1) is 18.3 Å². The lowest BCUT2D eigenvalue weighted by atomic mass is 9.43. The number of nitrogens with one attached hydrogen (secondary N) is 1. The zero-order valence-corrected chi connectivity index (χ0v) is 26.7. The molecule has 0 aromatic carbocycles. The van der Waals surface area contributed by atoms with E-state index in [4.69, 9.17) is 16.2 Å². The molecule has 0 heterocycles. The van der Waals surface area contributed by atoms with E-state index in [9.17, 15) is 15.0 Å². The number of hydrogen-bond donors (Lipinski definition) is 5. The number of fused-ring (bicyclic) bond motifs is 5. The van der Waals surface area contributed by atoms with Crippen LogP contribution in [0.1, 0.15) is 92.4 Å². The third-order valence-corrected chi connectivity index (χ3v) is 12.5. The molecule has 238 valence electrons. The maximum absolute atomic E-state index is 12.2. The molecule has 4 rings (SSSR count). The third kappa shape index (κ3) is 6.83. The fraction of sp³-hybridized carbons (Fsp3) is 0.970. The molecule has 4 fully saturated rings. The minimum atomic E-state index is -0.360. The van der Waals surface area contributed by atoms with Crippen LogP contribution in [0.2, 0.25) is 0 Å². The van der Waals surface area contributed by atoms with Gasteiger partial charge in [-0.1, -0.05) is 20.8 Å². The van der Waals surface area contributed by atoms with Crippen molar-refractivity contribution in [2.45, 2.75) is 117 Å². The largest absolute Gasteiger partial charge is 0.463 e. The second kappa shape index (κ2) is 13.9. The van der Waals surface area contributed by atoms with Crippen LogP contribution in [0.4, 0.5) is 0 Å². The number of esters is 1. The molecule has 0 amide bonds. The van der Waals surface area contributed by atoms with Crippen LogP contribution in [-0.4, -0.2) is 84.7 Å². The molecule has 7 N–H and O–H groups in total. The molecule has 41 heavy (non-hydrogen) atoms. The van der Waals surface area contributed by atoms with E-state index in [2.05, 4.69) is 31.0 Å². The van der Waals surface area contributed by atoms with Gasteiger partial charge in [0.1, 0.15) is 0 Å². The normalized spacial score (nSPS) is 41.1. The van der Waals surface area contributed by atoms with Gasteiger partial charge in [0, 0.05) is 51.7 Å². The van der Waals surface area contributed by atoms with Crippen molar-refractivity contribution >= 4 is 5.97 Å². The summed E-state index contributed by atoms with van der Waals surface area (Å²) in [6.07, 6.45) is 7.75. The number of rotatable bonds is 13. The zero-order valence-electron chi connectivity index (χ0n) is 26.7. The summed E-state index contributed by atoms with van der Waals surface area (Å²) in [5.74, 6) is 2.03. The van der Waals surface area contributed by atoms with Gasteiger partial charge in [-0.3, -0.25) is 9.69 Å². The molecule has 0 aromatic rings. The molecular weight excluding hydrogens is 516 g/mol. The van der Waals surface area contributed by atoms with Crippen LogP contribution in [0.5, 0.6) is 0 Å². The first-order valence-electron chi connectivity index (χ1n) is 16.9. The third-order valence-electron chi connectivity index (χ3n) is 12.5. The quantitative estimate of drug-likeness (QED) is 0.211. The van der Waals surface area contributed by atoms with Crippen molar-refractivity contribution < 1.29 is 19.7 Å². The van der Waals surface area contributed by atoms with Crippen molar-refractivity contribution in [3.63, 3.8) is 0 Å². The summed E-state index contributed by atoms with van der Waals surface area (Å²) < 4.78 is 5.38. The van der Waals surface area contributed by atoms with E-state index < -0.39 is 0 Å². The summed E-state index contributed by atoms with van der Waals surface area (Å²) >= 11 is 0. The Morgan fingerprint density at radius 1 is 1.00 bits per heavy atom. The van der Waals surface area contributed by atoms with Crippen LogP contribution in [0, 0.1) is 46.3 Å². The van der Waals surface area contributed by atoms with E-state index in [1.54, 1.807) is 0 Å². The van der Waals surface area contributed by atoms with Crippen LogP contribution < -0.4 is 16.8 Å². The molecule has 0 bridgehead atoms. The molecule has 0 saturated heterocycles. The molecule has 0 aromatic heterocycles. The monoisotopic (exact) mass is 578 g/mol. The van der Waals surface area contributed by atoms with Gasteiger partial charge in [0.15, 0.2) is 0 Å². The number of carbonyl (C=O) groups excluding carboxylic acids is 1. The fourth-order valence-corrected chi connectivity index (χ4v) is 10.3. The Balaban J connectivity index is 1.39. The van der Waals surface area contributed by atoms with Crippen molar-refractivity contribution in [2.75, 3.05) is 39.3 Å². The Morgan fingerprint density at radius 2 is 1.71 bits per heavy atom. The molecule has 0 spiro atoms. The highest BCUT2D eigenvalue weighted by atomic mass is 16.5. The minimum Gasteiger partial charge on any atom is -0.463 e. The smallest absolute Gasteiger partial charge is 0.306 e. The number of aliphatic hydroxyl groups excluding tert-OH is 2. The Morgan fingerprint density at radius 3 is 2.37 bits per heavy atom. The second-order valence-corrected chi connectivity index (χ2v) is 15.0. The predicted octanol–water partition coefficient (Wildman–Crippen LogP) is 3.13. The number of nitrogens with two attached hydrogens (primary N) is 2. The van der Waals surface area contributed by atoms with Crippen LogP contribution in [0.25, 0.3) is 0 Å². The summed E-state index contributed by atoms with van der Waals surface area (Å²) in [6, 6.07) is 0.479. The van der Waals surface area contributed by atoms with Crippen molar-refractivity contribution in [1.82, 2.24) is 10.2 Å². The predicted molar refractivity (Wildman–Crippen MR) is 164 cm³/mol. The summed E-state index contributed by atoms with van der Waals surface area (Å²) in [5.41, 5.74) is 11.5. The SMILES string of the molecule is CC(C)OC(=O)CC[C@@H](C)[C@H]1CCC2C3C(C[C@H](O)[C@@]21C)[C@@]1(C)CC[C@H](NCCN(CCN)CCN)CC1C[C@H]3O. The van der Waals surface area contributed by atoms with E-state index in [-0.39, 0.29) is 41.0 Å². The average Bonchev–Trinajstić information content (AvgIpc) is 3.27. The van der Waals surface area contributed by atoms with E-state index >= 15 is 0 Å². The van der Waals surface area contributed by atoms with Gasteiger partial charge >= 0.3 is 5.97 Å². The van der Waals surface area contributed by atoms with Gasteiger partial charge in [-0.25, -0.2) is 0 Å². The molecule has 4 aliphatic carbocycles. The Labute approximate surface area is 249 Å². The van der Waals surface area contributed by atoms with E-state index in [1.807, 2.05) is 13.8 Å². The lowest BCUT2D eigenvalue weighted by Crippen LogP contribution is -2.63. The van der Waals surface area contributed by atoms with Crippen LogP contribution >= 0.6 is 0 Å². The van der Waals surface area contributed by atoms with Gasteiger partial charge in [-0.2, -0.15) is 0 Å². The first-order valence-corrected chi connectivity index (χ1v) is 16.9. The highest BCUT2D eigenvalue weighted by Crippen LogP contribution is 2.68. The molecular formula is C33H62N4O4. The molecule has 8 heteroatoms. The second-order valence-electron chi connectivity index (χ2n) is 15.0.